The summed E-state index contributed by atoms with van der Waals surface area (Å²) in [5.41, 5.74) is 0.576. The molecule has 5 nitrogen and oxygen atoms in total. The SMILES string of the molecule is CCCCCCCCCCCCOc1ccccc1C(=O)O.O=C(O)c1ccccc1. The van der Waals surface area contributed by atoms with Gasteiger partial charge in [-0.2, -0.15) is 0 Å². The summed E-state index contributed by atoms with van der Waals surface area (Å²) in [6, 6.07) is 15.1. The van der Waals surface area contributed by atoms with Gasteiger partial charge in [0, 0.05) is 0 Å². The average Bonchev–Trinajstić information content (AvgIpc) is 2.78. The molecule has 0 aromatic heterocycles. The van der Waals surface area contributed by atoms with Crippen molar-refractivity contribution in [3.05, 3.63) is 65.7 Å². The van der Waals surface area contributed by atoms with Crippen LogP contribution in [0.1, 0.15) is 91.8 Å². The van der Waals surface area contributed by atoms with Gasteiger partial charge in [0.05, 0.1) is 12.2 Å². The Hall–Kier alpha value is -2.82. The monoisotopic (exact) mass is 428 g/mol. The van der Waals surface area contributed by atoms with Crippen LogP contribution in [0.2, 0.25) is 0 Å². The highest BCUT2D eigenvalue weighted by atomic mass is 16.5. The summed E-state index contributed by atoms with van der Waals surface area (Å²) in [5.74, 6) is -1.33. The summed E-state index contributed by atoms with van der Waals surface area (Å²) >= 11 is 0. The fourth-order valence-corrected chi connectivity index (χ4v) is 3.12. The summed E-state index contributed by atoms with van der Waals surface area (Å²) in [4.78, 5) is 21.2. The van der Waals surface area contributed by atoms with Crippen molar-refractivity contribution in [2.75, 3.05) is 6.61 Å². The number of benzene rings is 2. The first-order valence-corrected chi connectivity index (χ1v) is 11.3. The number of carboxylic acid groups (broad SMARTS) is 2. The van der Waals surface area contributed by atoms with Gasteiger partial charge in [-0.25, -0.2) is 9.59 Å². The maximum absolute atomic E-state index is 11.0. The molecule has 170 valence electrons. The van der Waals surface area contributed by atoms with Crippen LogP contribution in [0.15, 0.2) is 54.6 Å². The van der Waals surface area contributed by atoms with Crippen molar-refractivity contribution in [1.29, 1.82) is 0 Å². The summed E-state index contributed by atoms with van der Waals surface area (Å²) in [6.45, 7) is 2.84. The van der Waals surface area contributed by atoms with Gasteiger partial charge in [-0.3, -0.25) is 0 Å². The van der Waals surface area contributed by atoms with Crippen LogP contribution in [0, 0.1) is 0 Å². The molecule has 0 bridgehead atoms. The molecule has 0 saturated carbocycles. The van der Waals surface area contributed by atoms with Crippen LogP contribution < -0.4 is 4.74 Å². The standard InChI is InChI=1S/C19H30O3.C7H6O2/c1-2-3-4-5-6-7-8-9-10-13-16-22-18-15-12-11-14-17(18)19(20)21;8-7(9)6-4-2-1-3-5-6/h11-12,14-15H,2-10,13,16H2,1H3,(H,20,21);1-5H,(H,8,9). The minimum absolute atomic E-state index is 0.245. The second-order valence-electron chi connectivity index (χ2n) is 7.50. The Balaban J connectivity index is 0.000000442. The molecular formula is C26H36O5. The lowest BCUT2D eigenvalue weighted by Gasteiger charge is -2.08. The molecule has 0 radical (unpaired) electrons. The third-order valence-electron chi connectivity index (χ3n) is 4.89. The lowest BCUT2D eigenvalue weighted by atomic mass is 10.1. The molecule has 0 aliphatic rings. The van der Waals surface area contributed by atoms with Gasteiger partial charge in [-0.1, -0.05) is 95.0 Å². The van der Waals surface area contributed by atoms with E-state index >= 15 is 0 Å². The molecule has 5 heteroatoms. The van der Waals surface area contributed by atoms with E-state index in [1.165, 1.54) is 51.4 Å². The van der Waals surface area contributed by atoms with E-state index in [-0.39, 0.29) is 5.56 Å². The molecule has 2 N–H and O–H groups in total. The van der Waals surface area contributed by atoms with Crippen LogP contribution in [0.25, 0.3) is 0 Å². The zero-order chi connectivity index (χ0) is 22.7. The Kier molecular flexibility index (Phi) is 14.3. The van der Waals surface area contributed by atoms with Gasteiger partial charge in [-0.05, 0) is 30.7 Å². The van der Waals surface area contributed by atoms with Gasteiger partial charge in [0.1, 0.15) is 11.3 Å². The minimum Gasteiger partial charge on any atom is -0.493 e. The topological polar surface area (TPSA) is 83.8 Å². The number of carbonyl (C=O) groups is 2. The van der Waals surface area contributed by atoms with E-state index in [2.05, 4.69) is 6.92 Å². The molecule has 2 rings (SSSR count). The second kappa shape index (κ2) is 16.9. The number of hydrogen-bond donors (Lipinski definition) is 2. The minimum atomic E-state index is -0.932. The highest BCUT2D eigenvalue weighted by molar-refractivity contribution is 5.90. The molecule has 0 amide bonds. The van der Waals surface area contributed by atoms with Crippen molar-refractivity contribution in [2.24, 2.45) is 0 Å². The summed E-state index contributed by atoms with van der Waals surface area (Å²) in [6.07, 6.45) is 12.8. The third-order valence-corrected chi connectivity index (χ3v) is 4.89. The first kappa shape index (κ1) is 26.2. The molecule has 2 aromatic rings. The quantitative estimate of drug-likeness (QED) is 0.314. The predicted molar refractivity (Wildman–Crippen MR) is 124 cm³/mol. The van der Waals surface area contributed by atoms with E-state index in [0.29, 0.717) is 17.9 Å². The number of hydrogen-bond acceptors (Lipinski definition) is 3. The van der Waals surface area contributed by atoms with Gasteiger partial charge in [0.2, 0.25) is 0 Å². The van der Waals surface area contributed by atoms with E-state index in [9.17, 15) is 9.59 Å². The largest absolute Gasteiger partial charge is 0.493 e. The lowest BCUT2D eigenvalue weighted by molar-refractivity contribution is 0.0683. The van der Waals surface area contributed by atoms with E-state index in [4.69, 9.17) is 14.9 Å². The Morgan fingerprint density at radius 1 is 0.677 bits per heavy atom. The molecule has 31 heavy (non-hydrogen) atoms. The van der Waals surface area contributed by atoms with E-state index in [0.717, 1.165) is 12.8 Å². The van der Waals surface area contributed by atoms with Crippen LogP contribution in [0.4, 0.5) is 0 Å². The van der Waals surface area contributed by atoms with Crippen molar-refractivity contribution in [2.45, 2.75) is 71.1 Å². The van der Waals surface area contributed by atoms with Crippen LogP contribution >= 0.6 is 0 Å². The lowest BCUT2D eigenvalue weighted by Crippen LogP contribution is -2.04. The molecule has 0 atom stereocenters. The molecule has 0 saturated heterocycles. The van der Waals surface area contributed by atoms with Gasteiger partial charge in [0.15, 0.2) is 0 Å². The molecule has 2 aromatic carbocycles. The van der Waals surface area contributed by atoms with E-state index in [1.807, 2.05) is 0 Å². The normalized spacial score (nSPS) is 10.1. The Morgan fingerprint density at radius 2 is 1.19 bits per heavy atom. The molecule has 0 unspecified atom stereocenters. The van der Waals surface area contributed by atoms with Crippen molar-refractivity contribution in [1.82, 2.24) is 0 Å². The van der Waals surface area contributed by atoms with Gasteiger partial charge >= 0.3 is 11.9 Å². The first-order valence-electron chi connectivity index (χ1n) is 11.3. The van der Waals surface area contributed by atoms with Crippen molar-refractivity contribution in [3.8, 4) is 5.75 Å². The van der Waals surface area contributed by atoms with Crippen LogP contribution in [0.5, 0.6) is 5.75 Å². The average molecular weight is 429 g/mol. The third kappa shape index (κ3) is 12.5. The van der Waals surface area contributed by atoms with Crippen molar-refractivity contribution in [3.63, 3.8) is 0 Å². The Labute approximate surface area is 186 Å². The summed E-state index contributed by atoms with van der Waals surface area (Å²) < 4.78 is 5.59. The highest BCUT2D eigenvalue weighted by Gasteiger charge is 2.09. The number of rotatable bonds is 14. The van der Waals surface area contributed by atoms with E-state index in [1.54, 1.807) is 54.6 Å². The molecular weight excluding hydrogens is 392 g/mol. The predicted octanol–water partition coefficient (Wildman–Crippen LogP) is 7.07. The molecule has 0 aliphatic carbocycles. The molecule has 0 spiro atoms. The summed E-state index contributed by atoms with van der Waals surface area (Å²) in [7, 11) is 0. The first-order chi connectivity index (χ1) is 15.1. The fraction of sp³-hybridized carbons (Fsp3) is 0.462. The molecule has 0 aliphatic heterocycles. The maximum atomic E-state index is 11.0. The second-order valence-corrected chi connectivity index (χ2v) is 7.50. The number of para-hydroxylation sites is 1. The zero-order valence-electron chi connectivity index (χ0n) is 18.6. The Morgan fingerprint density at radius 3 is 1.71 bits per heavy atom. The maximum Gasteiger partial charge on any atom is 0.339 e. The van der Waals surface area contributed by atoms with Gasteiger partial charge < -0.3 is 14.9 Å². The van der Waals surface area contributed by atoms with Crippen LogP contribution in [-0.4, -0.2) is 28.8 Å². The summed E-state index contributed by atoms with van der Waals surface area (Å²) in [5, 5.41) is 17.4. The molecule has 0 heterocycles. The number of ether oxygens (including phenoxy) is 1. The van der Waals surface area contributed by atoms with Crippen molar-refractivity contribution >= 4 is 11.9 Å². The molecule has 0 fully saturated rings. The van der Waals surface area contributed by atoms with Crippen molar-refractivity contribution < 1.29 is 24.5 Å². The zero-order valence-corrected chi connectivity index (χ0v) is 18.6. The van der Waals surface area contributed by atoms with Gasteiger partial charge in [-0.15, -0.1) is 0 Å². The fourth-order valence-electron chi connectivity index (χ4n) is 3.12. The number of carboxylic acids is 2. The van der Waals surface area contributed by atoms with E-state index < -0.39 is 11.9 Å². The highest BCUT2D eigenvalue weighted by Crippen LogP contribution is 2.18. The smallest absolute Gasteiger partial charge is 0.339 e. The number of aromatic carboxylic acids is 2. The number of unbranched alkanes of at least 4 members (excludes halogenated alkanes) is 9. The Bertz CT molecular complexity index is 742. The van der Waals surface area contributed by atoms with Crippen LogP contribution in [-0.2, 0) is 0 Å². The van der Waals surface area contributed by atoms with Gasteiger partial charge in [0.25, 0.3) is 0 Å². The van der Waals surface area contributed by atoms with Crippen LogP contribution in [0.3, 0.4) is 0 Å².